The number of carbonyl (C=O) groups excluding carboxylic acids is 2. The molecule has 0 aliphatic heterocycles. The zero-order chi connectivity index (χ0) is 20.1. The molecule has 3 rings (SSSR count). The van der Waals surface area contributed by atoms with Crippen LogP contribution in [0.25, 0.3) is 0 Å². The van der Waals surface area contributed by atoms with Crippen LogP contribution in [-0.2, 0) is 4.79 Å². The van der Waals surface area contributed by atoms with Gasteiger partial charge in [0.05, 0.1) is 0 Å². The van der Waals surface area contributed by atoms with Crippen LogP contribution >= 0.6 is 0 Å². The molecule has 7 heteroatoms. The highest BCUT2D eigenvalue weighted by atomic mass is 16.2. The SMILES string of the molecule is CC(=O)Nc1cccc(NC(=O)c2cccc(Nc3nc(C)cc(C)n3)c2)c1. The van der Waals surface area contributed by atoms with Gasteiger partial charge in [-0.05, 0) is 56.3 Å². The fourth-order valence-corrected chi connectivity index (χ4v) is 2.73. The normalized spacial score (nSPS) is 10.2. The van der Waals surface area contributed by atoms with Gasteiger partial charge in [-0.2, -0.15) is 0 Å². The van der Waals surface area contributed by atoms with Gasteiger partial charge in [-0.25, -0.2) is 9.97 Å². The quantitative estimate of drug-likeness (QED) is 0.625. The minimum absolute atomic E-state index is 0.171. The molecule has 0 aliphatic carbocycles. The standard InChI is InChI=1S/C21H21N5O2/c1-13-10-14(2)23-21(22-13)26-17-7-4-6-16(11-17)20(28)25-19-9-5-8-18(12-19)24-15(3)27/h4-12H,1-3H3,(H,24,27)(H,25,28)(H,22,23,26). The molecular formula is C21H21N5O2. The van der Waals surface area contributed by atoms with Crippen molar-refractivity contribution in [2.45, 2.75) is 20.8 Å². The maximum absolute atomic E-state index is 12.6. The Bertz CT molecular complexity index is 1010. The van der Waals surface area contributed by atoms with Gasteiger partial charge in [0.15, 0.2) is 0 Å². The van der Waals surface area contributed by atoms with E-state index in [1.165, 1.54) is 6.92 Å². The first kappa shape index (κ1) is 19.0. The molecule has 0 bridgehead atoms. The van der Waals surface area contributed by atoms with Crippen LogP contribution in [0.3, 0.4) is 0 Å². The van der Waals surface area contributed by atoms with Crippen LogP contribution in [0, 0.1) is 13.8 Å². The Kier molecular flexibility index (Phi) is 5.64. The summed E-state index contributed by atoms with van der Waals surface area (Å²) in [6.07, 6.45) is 0. The molecule has 1 aromatic heterocycles. The molecule has 1 heterocycles. The van der Waals surface area contributed by atoms with Gasteiger partial charge >= 0.3 is 0 Å². The lowest BCUT2D eigenvalue weighted by molar-refractivity contribution is -0.114. The maximum atomic E-state index is 12.6. The van der Waals surface area contributed by atoms with Crippen molar-refractivity contribution in [2.24, 2.45) is 0 Å². The topological polar surface area (TPSA) is 96.0 Å². The number of anilines is 4. The fraction of sp³-hybridized carbons (Fsp3) is 0.143. The van der Waals surface area contributed by atoms with Crippen LogP contribution in [0.5, 0.6) is 0 Å². The molecule has 3 aromatic rings. The number of hydrogen-bond donors (Lipinski definition) is 3. The van der Waals surface area contributed by atoms with Crippen LogP contribution in [0.15, 0.2) is 54.6 Å². The monoisotopic (exact) mass is 375 g/mol. The van der Waals surface area contributed by atoms with Crippen molar-refractivity contribution < 1.29 is 9.59 Å². The van der Waals surface area contributed by atoms with E-state index in [0.29, 0.717) is 28.6 Å². The Morgan fingerprint density at radius 3 is 2.07 bits per heavy atom. The van der Waals surface area contributed by atoms with Crippen molar-refractivity contribution in [2.75, 3.05) is 16.0 Å². The first-order valence-corrected chi connectivity index (χ1v) is 8.77. The van der Waals surface area contributed by atoms with E-state index in [1.807, 2.05) is 26.0 Å². The summed E-state index contributed by atoms with van der Waals surface area (Å²) in [5.74, 6) is 0.0545. The molecule has 142 valence electrons. The van der Waals surface area contributed by atoms with Gasteiger partial charge in [0.2, 0.25) is 11.9 Å². The van der Waals surface area contributed by atoms with Gasteiger partial charge < -0.3 is 16.0 Å². The van der Waals surface area contributed by atoms with Gasteiger partial charge in [-0.3, -0.25) is 9.59 Å². The molecule has 0 saturated heterocycles. The van der Waals surface area contributed by atoms with Crippen LogP contribution in [0.4, 0.5) is 23.0 Å². The average Bonchev–Trinajstić information content (AvgIpc) is 2.61. The Hall–Kier alpha value is -3.74. The fourth-order valence-electron chi connectivity index (χ4n) is 2.73. The second-order valence-corrected chi connectivity index (χ2v) is 6.40. The minimum Gasteiger partial charge on any atom is -0.326 e. The molecule has 0 unspecified atom stereocenters. The highest BCUT2D eigenvalue weighted by Crippen LogP contribution is 2.19. The largest absolute Gasteiger partial charge is 0.326 e. The van der Waals surface area contributed by atoms with Crippen molar-refractivity contribution in [1.82, 2.24) is 9.97 Å². The maximum Gasteiger partial charge on any atom is 0.255 e. The number of benzene rings is 2. The van der Waals surface area contributed by atoms with Crippen LogP contribution in [0.1, 0.15) is 28.7 Å². The van der Waals surface area contributed by atoms with Crippen molar-refractivity contribution in [3.8, 4) is 0 Å². The summed E-state index contributed by atoms with van der Waals surface area (Å²) in [5, 5.41) is 8.65. The molecule has 0 aliphatic rings. The van der Waals surface area contributed by atoms with Gasteiger partial charge in [0.25, 0.3) is 5.91 Å². The lowest BCUT2D eigenvalue weighted by Crippen LogP contribution is -2.13. The molecule has 7 nitrogen and oxygen atoms in total. The third-order valence-corrected chi connectivity index (χ3v) is 3.80. The van der Waals surface area contributed by atoms with E-state index in [2.05, 4.69) is 25.9 Å². The smallest absolute Gasteiger partial charge is 0.255 e. The molecular weight excluding hydrogens is 354 g/mol. The molecule has 3 N–H and O–H groups in total. The van der Waals surface area contributed by atoms with E-state index in [1.54, 1.807) is 42.5 Å². The third-order valence-electron chi connectivity index (χ3n) is 3.80. The summed E-state index contributed by atoms with van der Waals surface area (Å²) in [5.41, 5.74) is 4.13. The van der Waals surface area contributed by atoms with Crippen molar-refractivity contribution in [3.05, 3.63) is 71.5 Å². The summed E-state index contributed by atoms with van der Waals surface area (Å²) in [7, 11) is 0. The summed E-state index contributed by atoms with van der Waals surface area (Å²) < 4.78 is 0. The number of carbonyl (C=O) groups is 2. The minimum atomic E-state index is -0.259. The Morgan fingerprint density at radius 2 is 1.39 bits per heavy atom. The first-order chi connectivity index (χ1) is 13.4. The molecule has 0 radical (unpaired) electrons. The molecule has 2 amide bonds. The van der Waals surface area contributed by atoms with E-state index < -0.39 is 0 Å². The third kappa shape index (κ3) is 5.14. The number of nitrogens with zero attached hydrogens (tertiary/aromatic N) is 2. The van der Waals surface area contributed by atoms with Crippen LogP contribution in [0.2, 0.25) is 0 Å². The van der Waals surface area contributed by atoms with Crippen molar-refractivity contribution in [1.29, 1.82) is 0 Å². The molecule has 28 heavy (non-hydrogen) atoms. The Balaban J connectivity index is 1.74. The number of aryl methyl sites for hydroxylation is 2. The van der Waals surface area contributed by atoms with Gasteiger partial charge in [-0.15, -0.1) is 0 Å². The Morgan fingerprint density at radius 1 is 0.786 bits per heavy atom. The lowest BCUT2D eigenvalue weighted by Gasteiger charge is -2.10. The van der Waals surface area contributed by atoms with Gasteiger partial charge in [0.1, 0.15) is 0 Å². The predicted octanol–water partition coefficient (Wildman–Crippen LogP) is 4.05. The van der Waals surface area contributed by atoms with E-state index in [9.17, 15) is 9.59 Å². The molecule has 0 saturated carbocycles. The van der Waals surface area contributed by atoms with E-state index in [-0.39, 0.29) is 11.8 Å². The molecule has 0 atom stereocenters. The average molecular weight is 375 g/mol. The second kappa shape index (κ2) is 8.30. The number of hydrogen-bond acceptors (Lipinski definition) is 5. The lowest BCUT2D eigenvalue weighted by atomic mass is 10.1. The number of nitrogens with one attached hydrogen (secondary N) is 3. The van der Waals surface area contributed by atoms with Crippen molar-refractivity contribution in [3.63, 3.8) is 0 Å². The van der Waals surface area contributed by atoms with E-state index in [0.717, 1.165) is 11.4 Å². The van der Waals surface area contributed by atoms with Crippen LogP contribution < -0.4 is 16.0 Å². The summed E-state index contributed by atoms with van der Waals surface area (Å²) in [4.78, 5) is 32.5. The number of amides is 2. The molecule has 2 aromatic carbocycles. The summed E-state index contributed by atoms with van der Waals surface area (Å²) in [6, 6.07) is 15.9. The Labute approximate surface area is 163 Å². The molecule has 0 fully saturated rings. The number of rotatable bonds is 5. The van der Waals surface area contributed by atoms with E-state index >= 15 is 0 Å². The zero-order valence-electron chi connectivity index (χ0n) is 15.9. The van der Waals surface area contributed by atoms with Crippen molar-refractivity contribution >= 4 is 34.8 Å². The summed E-state index contributed by atoms with van der Waals surface area (Å²) >= 11 is 0. The highest BCUT2D eigenvalue weighted by Gasteiger charge is 2.09. The predicted molar refractivity (Wildman–Crippen MR) is 110 cm³/mol. The first-order valence-electron chi connectivity index (χ1n) is 8.77. The van der Waals surface area contributed by atoms with Gasteiger partial charge in [0, 0.05) is 40.9 Å². The second-order valence-electron chi connectivity index (χ2n) is 6.40. The summed E-state index contributed by atoms with van der Waals surface area (Å²) in [6.45, 7) is 5.24. The van der Waals surface area contributed by atoms with Crippen LogP contribution in [-0.4, -0.2) is 21.8 Å². The van der Waals surface area contributed by atoms with Gasteiger partial charge in [-0.1, -0.05) is 12.1 Å². The number of aromatic nitrogens is 2. The zero-order valence-corrected chi connectivity index (χ0v) is 15.9. The highest BCUT2D eigenvalue weighted by molar-refractivity contribution is 6.05. The molecule has 0 spiro atoms. The van der Waals surface area contributed by atoms with E-state index in [4.69, 9.17) is 0 Å².